The van der Waals surface area contributed by atoms with Gasteiger partial charge < -0.3 is 20.0 Å². The lowest BCUT2D eigenvalue weighted by Gasteiger charge is -2.10. The highest BCUT2D eigenvalue weighted by Crippen LogP contribution is 2.30. The monoisotopic (exact) mass is 276 g/mol. The topological polar surface area (TPSA) is 78.5 Å². The minimum Gasteiger partial charge on any atom is -0.548 e. The van der Waals surface area contributed by atoms with Crippen LogP contribution in [0.3, 0.4) is 0 Å². The fourth-order valence-electron chi connectivity index (χ4n) is 1.20. The molecule has 0 bridgehead atoms. The number of ether oxygens (including phenoxy) is 1. The average molecular weight is 276 g/mol. The Labute approximate surface area is 106 Å². The number of rotatable bonds is 5. The quantitative estimate of drug-likeness (QED) is 0.845. The van der Waals surface area contributed by atoms with Gasteiger partial charge >= 0.3 is 6.18 Å². The fourth-order valence-corrected chi connectivity index (χ4v) is 1.20. The van der Waals surface area contributed by atoms with E-state index in [-0.39, 0.29) is 5.69 Å². The molecule has 0 saturated heterocycles. The van der Waals surface area contributed by atoms with E-state index in [1.165, 1.54) is 6.07 Å². The number of hydrogen-bond acceptors (Lipinski definition) is 4. The maximum atomic E-state index is 12.4. The van der Waals surface area contributed by atoms with Crippen molar-refractivity contribution in [3.63, 3.8) is 0 Å². The summed E-state index contributed by atoms with van der Waals surface area (Å²) in [7, 11) is 0. The summed E-state index contributed by atoms with van der Waals surface area (Å²) in [6, 6.07) is 4.03. The van der Waals surface area contributed by atoms with Gasteiger partial charge in [0.15, 0.2) is 0 Å². The normalized spacial score (nSPS) is 11.1. The second kappa shape index (κ2) is 6.19. The van der Waals surface area contributed by atoms with E-state index in [9.17, 15) is 27.9 Å². The highest BCUT2D eigenvalue weighted by molar-refractivity contribution is 5.91. The molecular weight excluding hydrogens is 267 g/mol. The third-order valence-electron chi connectivity index (χ3n) is 1.93. The van der Waals surface area contributed by atoms with Gasteiger partial charge in [0.1, 0.15) is 6.61 Å². The van der Waals surface area contributed by atoms with Crippen LogP contribution in [0.15, 0.2) is 24.3 Å². The van der Waals surface area contributed by atoms with Crippen molar-refractivity contribution in [2.75, 3.05) is 18.5 Å². The van der Waals surface area contributed by atoms with Crippen molar-refractivity contribution in [3.05, 3.63) is 29.8 Å². The Balaban J connectivity index is 2.57. The van der Waals surface area contributed by atoms with Gasteiger partial charge in [-0.2, -0.15) is 13.2 Å². The molecule has 19 heavy (non-hydrogen) atoms. The molecule has 1 N–H and O–H groups in total. The maximum Gasteiger partial charge on any atom is 0.416 e. The molecule has 8 heteroatoms. The predicted octanol–water partition coefficient (Wildman–Crippen LogP) is 0.410. The molecule has 0 aromatic heterocycles. The molecule has 1 amide bonds. The summed E-state index contributed by atoms with van der Waals surface area (Å²) in [6.45, 7) is -1.36. The van der Waals surface area contributed by atoms with Crippen LogP contribution in [-0.4, -0.2) is 25.1 Å². The molecular formula is C11H9F3NO4-. The van der Waals surface area contributed by atoms with E-state index in [2.05, 4.69) is 10.1 Å². The molecule has 1 aromatic carbocycles. The van der Waals surface area contributed by atoms with Crippen molar-refractivity contribution in [3.8, 4) is 0 Å². The van der Waals surface area contributed by atoms with Crippen molar-refractivity contribution >= 4 is 17.6 Å². The number of nitrogens with one attached hydrogen (secondary N) is 1. The first-order valence-electron chi connectivity index (χ1n) is 5.04. The fraction of sp³-hybridized carbons (Fsp3) is 0.273. The van der Waals surface area contributed by atoms with Gasteiger partial charge in [-0.15, -0.1) is 0 Å². The van der Waals surface area contributed by atoms with E-state index < -0.39 is 36.8 Å². The van der Waals surface area contributed by atoms with Crippen molar-refractivity contribution in [1.82, 2.24) is 0 Å². The molecule has 0 atom stereocenters. The summed E-state index contributed by atoms with van der Waals surface area (Å²) in [6.07, 6.45) is -4.51. The highest BCUT2D eigenvalue weighted by atomic mass is 19.4. The predicted molar refractivity (Wildman–Crippen MR) is 55.9 cm³/mol. The second-order valence-corrected chi connectivity index (χ2v) is 3.49. The second-order valence-electron chi connectivity index (χ2n) is 3.49. The molecule has 1 aromatic rings. The van der Waals surface area contributed by atoms with Gasteiger partial charge in [-0.1, -0.05) is 6.07 Å². The number of anilines is 1. The van der Waals surface area contributed by atoms with E-state index in [0.717, 1.165) is 18.2 Å². The Morgan fingerprint density at radius 2 is 1.95 bits per heavy atom. The van der Waals surface area contributed by atoms with Crippen molar-refractivity contribution < 1.29 is 32.6 Å². The zero-order valence-electron chi connectivity index (χ0n) is 9.49. The first-order valence-corrected chi connectivity index (χ1v) is 5.04. The van der Waals surface area contributed by atoms with Gasteiger partial charge in [-0.25, -0.2) is 0 Å². The van der Waals surface area contributed by atoms with Crippen LogP contribution in [0.5, 0.6) is 0 Å². The smallest absolute Gasteiger partial charge is 0.416 e. The van der Waals surface area contributed by atoms with Crippen LogP contribution in [-0.2, 0) is 20.5 Å². The molecule has 0 spiro atoms. The SMILES string of the molecule is O=C([O-])COCC(=O)Nc1cccc(C(F)(F)F)c1. The van der Waals surface area contributed by atoms with Crippen LogP contribution < -0.4 is 10.4 Å². The molecule has 0 saturated carbocycles. The van der Waals surface area contributed by atoms with Crippen LogP contribution in [0.2, 0.25) is 0 Å². The molecule has 0 fully saturated rings. The van der Waals surface area contributed by atoms with Crippen molar-refractivity contribution in [2.45, 2.75) is 6.18 Å². The first-order chi connectivity index (χ1) is 8.79. The molecule has 0 heterocycles. The lowest BCUT2D eigenvalue weighted by Crippen LogP contribution is -2.29. The van der Waals surface area contributed by atoms with E-state index >= 15 is 0 Å². The number of carboxylic acid groups (broad SMARTS) is 1. The Morgan fingerprint density at radius 1 is 1.26 bits per heavy atom. The summed E-state index contributed by atoms with van der Waals surface area (Å²) >= 11 is 0. The van der Waals surface area contributed by atoms with Crippen LogP contribution in [0.25, 0.3) is 0 Å². The number of benzene rings is 1. The number of halogens is 3. The number of amides is 1. The Hall–Kier alpha value is -2.09. The van der Waals surface area contributed by atoms with Gasteiger partial charge in [0.2, 0.25) is 5.91 Å². The molecule has 5 nitrogen and oxygen atoms in total. The van der Waals surface area contributed by atoms with Gasteiger partial charge in [-0.05, 0) is 18.2 Å². The van der Waals surface area contributed by atoms with E-state index in [0.29, 0.717) is 0 Å². The molecule has 0 aliphatic heterocycles. The third-order valence-corrected chi connectivity index (χ3v) is 1.93. The summed E-state index contributed by atoms with van der Waals surface area (Å²) in [4.78, 5) is 21.2. The van der Waals surface area contributed by atoms with Crippen molar-refractivity contribution in [2.24, 2.45) is 0 Å². The Morgan fingerprint density at radius 3 is 2.53 bits per heavy atom. The molecule has 1 rings (SSSR count). The van der Waals surface area contributed by atoms with Gasteiger partial charge in [-0.3, -0.25) is 4.79 Å². The lowest BCUT2D eigenvalue weighted by atomic mass is 10.2. The molecule has 104 valence electrons. The largest absolute Gasteiger partial charge is 0.548 e. The van der Waals surface area contributed by atoms with E-state index in [1.807, 2.05) is 0 Å². The van der Waals surface area contributed by atoms with Gasteiger partial charge in [0, 0.05) is 5.69 Å². The lowest BCUT2D eigenvalue weighted by molar-refractivity contribution is -0.309. The number of carbonyl (C=O) groups is 2. The molecule has 0 aliphatic carbocycles. The minimum atomic E-state index is -4.51. The van der Waals surface area contributed by atoms with Gasteiger partial charge in [0.05, 0.1) is 18.1 Å². The van der Waals surface area contributed by atoms with Crippen LogP contribution >= 0.6 is 0 Å². The summed E-state index contributed by atoms with van der Waals surface area (Å²) in [5.41, 5.74) is -0.960. The zero-order chi connectivity index (χ0) is 14.5. The zero-order valence-corrected chi connectivity index (χ0v) is 9.49. The Kier molecular flexibility index (Phi) is 4.87. The maximum absolute atomic E-state index is 12.4. The summed E-state index contributed by atoms with van der Waals surface area (Å²) in [5.74, 6) is -2.26. The number of alkyl halides is 3. The average Bonchev–Trinajstić information content (AvgIpc) is 2.27. The number of carbonyl (C=O) groups excluding carboxylic acids is 2. The number of carboxylic acids is 1. The molecule has 0 aliphatic rings. The standard InChI is InChI=1S/C11H10F3NO4/c12-11(13,14)7-2-1-3-8(4-7)15-9(16)5-19-6-10(17)18/h1-4H,5-6H2,(H,15,16)(H,17,18)/p-1. The van der Waals surface area contributed by atoms with Crippen LogP contribution in [0.1, 0.15) is 5.56 Å². The van der Waals surface area contributed by atoms with Crippen LogP contribution in [0, 0.1) is 0 Å². The number of hydrogen-bond donors (Lipinski definition) is 1. The first kappa shape index (κ1) is 15.0. The number of aliphatic carboxylic acids is 1. The Bertz CT molecular complexity index is 473. The molecule has 0 unspecified atom stereocenters. The van der Waals surface area contributed by atoms with E-state index in [4.69, 9.17) is 0 Å². The van der Waals surface area contributed by atoms with Gasteiger partial charge in [0.25, 0.3) is 0 Å². The van der Waals surface area contributed by atoms with Crippen LogP contribution in [0.4, 0.5) is 18.9 Å². The third kappa shape index (κ3) is 5.38. The summed E-state index contributed by atoms with van der Waals surface area (Å²) in [5, 5.41) is 12.2. The highest BCUT2D eigenvalue weighted by Gasteiger charge is 2.30. The van der Waals surface area contributed by atoms with E-state index in [1.54, 1.807) is 0 Å². The molecule has 0 radical (unpaired) electrons. The minimum absolute atomic E-state index is 0.0584. The van der Waals surface area contributed by atoms with Crippen molar-refractivity contribution in [1.29, 1.82) is 0 Å². The summed E-state index contributed by atoms with van der Waals surface area (Å²) < 4.78 is 41.6.